The van der Waals surface area contributed by atoms with Crippen molar-refractivity contribution in [1.82, 2.24) is 14.9 Å². The topological polar surface area (TPSA) is 47.2 Å². The molecule has 1 aliphatic heterocycles. The van der Waals surface area contributed by atoms with E-state index in [1.54, 1.807) is 12.3 Å². The average Bonchev–Trinajstić information content (AvgIpc) is 3.46. The molecule has 5 heteroatoms. The molecule has 2 fully saturated rings. The largest absolute Gasteiger partial charge is 0.492 e. The fourth-order valence-electron chi connectivity index (χ4n) is 2.52. The zero-order valence-corrected chi connectivity index (χ0v) is 12.4. The van der Waals surface area contributed by atoms with E-state index in [1.165, 1.54) is 32.3 Å². The number of hydrogen-bond donors (Lipinski definition) is 0. The number of nitrogens with zero attached hydrogens (tertiary/aromatic N) is 3. The Hall–Kier alpha value is -2.14. The van der Waals surface area contributed by atoms with Crippen LogP contribution in [0.3, 0.4) is 0 Å². The van der Waals surface area contributed by atoms with Gasteiger partial charge in [-0.15, -0.1) is 0 Å². The van der Waals surface area contributed by atoms with Gasteiger partial charge >= 0.3 is 0 Å². The second-order valence-electron chi connectivity index (χ2n) is 5.99. The van der Waals surface area contributed by atoms with Crippen LogP contribution in [0, 0.1) is 5.92 Å². The van der Waals surface area contributed by atoms with E-state index in [1.807, 2.05) is 24.3 Å². The summed E-state index contributed by atoms with van der Waals surface area (Å²) in [6.07, 6.45) is 5.94. The lowest BCUT2D eigenvalue weighted by Crippen LogP contribution is -2.12. The maximum Gasteiger partial charge on any atom is 0.222 e. The quantitative estimate of drug-likeness (QED) is 0.735. The van der Waals surface area contributed by atoms with Crippen LogP contribution >= 0.6 is 0 Å². The van der Waals surface area contributed by atoms with E-state index in [0.29, 0.717) is 11.9 Å². The highest BCUT2D eigenvalue weighted by molar-refractivity contribution is 5.35. The molecule has 22 heavy (non-hydrogen) atoms. The first-order valence-electron chi connectivity index (χ1n) is 7.77. The van der Waals surface area contributed by atoms with Gasteiger partial charge in [-0.25, -0.2) is 9.97 Å². The van der Waals surface area contributed by atoms with Gasteiger partial charge in [-0.1, -0.05) is 6.07 Å². The second kappa shape index (κ2) is 5.93. The van der Waals surface area contributed by atoms with E-state index in [2.05, 4.69) is 14.9 Å². The maximum atomic E-state index is 5.89. The van der Waals surface area contributed by atoms with Crippen molar-refractivity contribution >= 4 is 0 Å². The van der Waals surface area contributed by atoms with Crippen LogP contribution in [0.15, 0.2) is 42.9 Å². The van der Waals surface area contributed by atoms with Crippen LogP contribution in [0.25, 0.3) is 0 Å². The fourth-order valence-corrected chi connectivity index (χ4v) is 2.52. The highest BCUT2D eigenvalue weighted by Crippen LogP contribution is 2.33. The molecule has 1 aromatic heterocycles. The van der Waals surface area contributed by atoms with E-state index >= 15 is 0 Å². The van der Waals surface area contributed by atoms with Gasteiger partial charge in [0.05, 0.1) is 6.04 Å². The first kappa shape index (κ1) is 13.5. The maximum absolute atomic E-state index is 5.89. The Kier molecular flexibility index (Phi) is 3.64. The van der Waals surface area contributed by atoms with E-state index < -0.39 is 0 Å². The van der Waals surface area contributed by atoms with Gasteiger partial charge in [0.1, 0.15) is 24.4 Å². The van der Waals surface area contributed by atoms with Gasteiger partial charge in [-0.3, -0.25) is 4.90 Å². The van der Waals surface area contributed by atoms with Gasteiger partial charge in [-0.05, 0) is 30.9 Å². The number of hydrogen-bond acceptors (Lipinski definition) is 5. The predicted octanol–water partition coefficient (Wildman–Crippen LogP) is 2.74. The SMILES string of the molecule is c1cc(OCC2CN2CC2CC2)cc(Oc2ccncn2)c1. The van der Waals surface area contributed by atoms with Crippen molar-refractivity contribution in [2.75, 3.05) is 19.7 Å². The van der Waals surface area contributed by atoms with Crippen LogP contribution in [0.4, 0.5) is 0 Å². The second-order valence-corrected chi connectivity index (χ2v) is 5.99. The predicted molar refractivity (Wildman–Crippen MR) is 82.1 cm³/mol. The van der Waals surface area contributed by atoms with Crippen molar-refractivity contribution in [1.29, 1.82) is 0 Å². The first-order valence-corrected chi connectivity index (χ1v) is 7.77. The fraction of sp³-hybridized carbons (Fsp3) is 0.412. The Balaban J connectivity index is 1.30. The van der Waals surface area contributed by atoms with Gasteiger partial charge < -0.3 is 9.47 Å². The number of ether oxygens (including phenoxy) is 2. The molecule has 2 aliphatic rings. The normalized spacial score (nSPS) is 23.1. The minimum absolute atomic E-state index is 0.532. The molecule has 2 atom stereocenters. The lowest BCUT2D eigenvalue weighted by atomic mass is 10.3. The third-order valence-electron chi connectivity index (χ3n) is 4.04. The summed E-state index contributed by atoms with van der Waals surface area (Å²) >= 11 is 0. The van der Waals surface area contributed by atoms with Crippen LogP contribution in [0.1, 0.15) is 12.8 Å². The molecule has 0 radical (unpaired) electrons. The van der Waals surface area contributed by atoms with Crippen LogP contribution in [-0.4, -0.2) is 40.6 Å². The molecule has 2 unspecified atom stereocenters. The molecule has 5 nitrogen and oxygen atoms in total. The molecule has 0 amide bonds. The van der Waals surface area contributed by atoms with E-state index in [-0.39, 0.29) is 0 Å². The third-order valence-corrected chi connectivity index (χ3v) is 4.04. The monoisotopic (exact) mass is 297 g/mol. The molecule has 2 aromatic rings. The lowest BCUT2D eigenvalue weighted by molar-refractivity contribution is 0.291. The summed E-state index contributed by atoms with van der Waals surface area (Å²) < 4.78 is 11.6. The smallest absolute Gasteiger partial charge is 0.222 e. The van der Waals surface area contributed by atoms with Crippen molar-refractivity contribution in [2.45, 2.75) is 18.9 Å². The molecule has 0 N–H and O–H groups in total. The van der Waals surface area contributed by atoms with E-state index in [9.17, 15) is 0 Å². The summed E-state index contributed by atoms with van der Waals surface area (Å²) in [6.45, 7) is 3.18. The number of aromatic nitrogens is 2. The summed E-state index contributed by atoms with van der Waals surface area (Å²) in [5.74, 6) is 3.05. The summed E-state index contributed by atoms with van der Waals surface area (Å²) in [5.41, 5.74) is 0. The average molecular weight is 297 g/mol. The van der Waals surface area contributed by atoms with Crippen molar-refractivity contribution in [3.8, 4) is 17.4 Å². The Morgan fingerprint density at radius 2 is 2.09 bits per heavy atom. The van der Waals surface area contributed by atoms with Gasteiger partial charge in [0.2, 0.25) is 5.88 Å². The Bertz CT molecular complexity index is 631. The van der Waals surface area contributed by atoms with Crippen LogP contribution < -0.4 is 9.47 Å². The minimum atomic E-state index is 0.532. The molecule has 2 heterocycles. The molecular formula is C17H19N3O2. The summed E-state index contributed by atoms with van der Waals surface area (Å²) in [5, 5.41) is 0. The lowest BCUT2D eigenvalue weighted by Gasteiger charge is -2.09. The zero-order chi connectivity index (χ0) is 14.8. The van der Waals surface area contributed by atoms with Crippen molar-refractivity contribution in [2.24, 2.45) is 5.92 Å². The molecule has 114 valence electrons. The molecule has 0 bridgehead atoms. The standard InChI is InChI=1S/C17H19N3O2/c1-2-15(21-11-14-10-20(14)9-13-4-5-13)8-16(3-1)22-17-6-7-18-12-19-17/h1-3,6-8,12-14H,4-5,9-11H2. The van der Waals surface area contributed by atoms with Crippen LogP contribution in [0.5, 0.6) is 17.4 Å². The number of rotatable bonds is 7. The highest BCUT2D eigenvalue weighted by atomic mass is 16.5. The van der Waals surface area contributed by atoms with Gasteiger partial charge in [0.25, 0.3) is 0 Å². The van der Waals surface area contributed by atoms with Crippen molar-refractivity contribution in [3.05, 3.63) is 42.9 Å². The summed E-state index contributed by atoms with van der Waals surface area (Å²) in [6, 6.07) is 10.0. The van der Waals surface area contributed by atoms with Crippen LogP contribution in [0.2, 0.25) is 0 Å². The minimum Gasteiger partial charge on any atom is -0.492 e. The van der Waals surface area contributed by atoms with Gasteiger partial charge in [-0.2, -0.15) is 0 Å². The summed E-state index contributed by atoms with van der Waals surface area (Å²) in [4.78, 5) is 10.4. The van der Waals surface area contributed by atoms with Crippen LogP contribution in [-0.2, 0) is 0 Å². The van der Waals surface area contributed by atoms with Crippen molar-refractivity contribution in [3.63, 3.8) is 0 Å². The molecule has 1 saturated carbocycles. The molecule has 0 spiro atoms. The van der Waals surface area contributed by atoms with E-state index in [4.69, 9.17) is 9.47 Å². The molecule has 1 aliphatic carbocycles. The Labute approximate surface area is 129 Å². The highest BCUT2D eigenvalue weighted by Gasteiger charge is 2.38. The van der Waals surface area contributed by atoms with Gasteiger partial charge in [0, 0.05) is 31.4 Å². The number of benzene rings is 1. The Morgan fingerprint density at radius 1 is 1.18 bits per heavy atom. The van der Waals surface area contributed by atoms with Crippen molar-refractivity contribution < 1.29 is 9.47 Å². The summed E-state index contributed by atoms with van der Waals surface area (Å²) in [7, 11) is 0. The van der Waals surface area contributed by atoms with Gasteiger partial charge in [0.15, 0.2) is 0 Å². The molecule has 1 aromatic carbocycles. The van der Waals surface area contributed by atoms with E-state index in [0.717, 1.165) is 24.0 Å². The first-order chi connectivity index (χ1) is 10.9. The Morgan fingerprint density at radius 3 is 2.91 bits per heavy atom. The third kappa shape index (κ3) is 3.54. The molecule has 1 saturated heterocycles. The molecule has 4 rings (SSSR count). The molecular weight excluding hydrogens is 278 g/mol. The zero-order valence-electron chi connectivity index (χ0n) is 12.4.